The number of benzene rings is 2. The van der Waals surface area contributed by atoms with E-state index in [9.17, 15) is 14.7 Å². The van der Waals surface area contributed by atoms with E-state index in [2.05, 4.69) is 15.4 Å². The molecular formula is C22H19ClN4O3S. The number of nitrogens with zero attached hydrogens (tertiary/aromatic N) is 3. The molecule has 1 aliphatic rings. The number of halogens is 1. The number of hydrogen-bond donors (Lipinski definition) is 2. The Morgan fingerprint density at radius 2 is 1.90 bits per heavy atom. The number of carbonyl (C=O) groups is 2. The molecule has 31 heavy (non-hydrogen) atoms. The smallest absolute Gasteiger partial charge is 0.336 e. The molecule has 7 nitrogen and oxygen atoms in total. The average molecular weight is 455 g/mol. The van der Waals surface area contributed by atoms with Gasteiger partial charge in [-0.3, -0.25) is 4.79 Å². The van der Waals surface area contributed by atoms with Crippen LogP contribution in [0.4, 0.5) is 5.95 Å². The Kier molecular flexibility index (Phi) is 5.84. The maximum Gasteiger partial charge on any atom is 0.336 e. The van der Waals surface area contributed by atoms with Crippen LogP contribution in [0.2, 0.25) is 5.02 Å². The van der Waals surface area contributed by atoms with Gasteiger partial charge in [-0.25, -0.2) is 9.48 Å². The van der Waals surface area contributed by atoms with Crippen molar-refractivity contribution in [1.82, 2.24) is 14.8 Å². The first-order chi connectivity index (χ1) is 14.9. The summed E-state index contributed by atoms with van der Waals surface area (Å²) in [6, 6.07) is 13.5. The number of hydrogen-bond acceptors (Lipinski definition) is 6. The minimum absolute atomic E-state index is 0.118. The Hall–Kier alpha value is -3.10. The maximum absolute atomic E-state index is 12.5. The van der Waals surface area contributed by atoms with Crippen molar-refractivity contribution in [3.8, 4) is 0 Å². The van der Waals surface area contributed by atoms with Crippen molar-refractivity contribution in [3.63, 3.8) is 0 Å². The fraction of sp³-hybridized carbons (Fsp3) is 0.182. The number of carboxylic acid groups (broad SMARTS) is 1. The van der Waals surface area contributed by atoms with Crippen molar-refractivity contribution in [2.24, 2.45) is 0 Å². The number of carboxylic acids is 1. The summed E-state index contributed by atoms with van der Waals surface area (Å²) in [6.07, 6.45) is 0. The molecule has 1 aliphatic heterocycles. The van der Waals surface area contributed by atoms with Gasteiger partial charge in [0.25, 0.3) is 0 Å². The van der Waals surface area contributed by atoms with Gasteiger partial charge in [0.05, 0.1) is 5.56 Å². The summed E-state index contributed by atoms with van der Waals surface area (Å²) >= 11 is 7.66. The van der Waals surface area contributed by atoms with Crippen LogP contribution in [0.3, 0.4) is 0 Å². The van der Waals surface area contributed by atoms with E-state index in [1.807, 2.05) is 24.3 Å². The van der Waals surface area contributed by atoms with Gasteiger partial charge >= 0.3 is 5.97 Å². The summed E-state index contributed by atoms with van der Waals surface area (Å²) in [5.74, 6) is -0.202. The molecule has 2 N–H and O–H groups in total. The van der Waals surface area contributed by atoms with Gasteiger partial charge in [0.15, 0.2) is 5.78 Å². The van der Waals surface area contributed by atoms with Gasteiger partial charge in [0.2, 0.25) is 11.1 Å². The highest BCUT2D eigenvalue weighted by Crippen LogP contribution is 2.38. The van der Waals surface area contributed by atoms with Crippen LogP contribution in [-0.4, -0.2) is 31.6 Å². The van der Waals surface area contributed by atoms with Crippen LogP contribution in [0, 0.1) is 0 Å². The number of aromatic nitrogens is 3. The number of anilines is 1. The predicted molar refractivity (Wildman–Crippen MR) is 120 cm³/mol. The van der Waals surface area contributed by atoms with Gasteiger partial charge in [-0.2, -0.15) is 4.98 Å². The average Bonchev–Trinajstić information content (AvgIpc) is 3.14. The summed E-state index contributed by atoms with van der Waals surface area (Å²) in [5.41, 5.74) is 2.64. The first-order valence-electron chi connectivity index (χ1n) is 9.50. The lowest BCUT2D eigenvalue weighted by Crippen LogP contribution is -2.29. The molecule has 0 fully saturated rings. The highest BCUT2D eigenvalue weighted by atomic mass is 35.5. The SMILES string of the molecule is CC(=O)C1=C(C)Nc2nc(SCc3ccccc3Cl)nn2C1c1ccccc1C(=O)O. The lowest BCUT2D eigenvalue weighted by molar-refractivity contribution is -0.114. The number of allylic oxidation sites excluding steroid dienone is 2. The zero-order chi connectivity index (χ0) is 22.1. The molecule has 1 aromatic heterocycles. The number of Topliss-reactive ketones (excluding diaryl/α,β-unsaturated/α-hetero) is 1. The van der Waals surface area contributed by atoms with Gasteiger partial charge in [0.1, 0.15) is 6.04 Å². The lowest BCUT2D eigenvalue weighted by atomic mass is 9.90. The van der Waals surface area contributed by atoms with Crippen LogP contribution < -0.4 is 5.32 Å². The first kappa shape index (κ1) is 21.1. The zero-order valence-corrected chi connectivity index (χ0v) is 18.4. The topological polar surface area (TPSA) is 97.1 Å². The van der Waals surface area contributed by atoms with E-state index >= 15 is 0 Å². The van der Waals surface area contributed by atoms with E-state index in [0.29, 0.717) is 38.7 Å². The van der Waals surface area contributed by atoms with Crippen molar-refractivity contribution < 1.29 is 14.7 Å². The highest BCUT2D eigenvalue weighted by Gasteiger charge is 2.34. The number of carbonyl (C=O) groups excluding carboxylic acids is 1. The second-order valence-corrected chi connectivity index (χ2v) is 8.41. The van der Waals surface area contributed by atoms with Crippen molar-refractivity contribution in [3.05, 3.63) is 81.5 Å². The molecule has 2 aromatic carbocycles. The maximum atomic E-state index is 12.5. The summed E-state index contributed by atoms with van der Waals surface area (Å²) in [7, 11) is 0. The third-order valence-corrected chi connectivity index (χ3v) is 6.27. The number of fused-ring (bicyclic) bond motifs is 1. The highest BCUT2D eigenvalue weighted by molar-refractivity contribution is 7.98. The van der Waals surface area contributed by atoms with E-state index in [1.54, 1.807) is 29.8 Å². The summed E-state index contributed by atoms with van der Waals surface area (Å²) < 4.78 is 1.58. The van der Waals surface area contributed by atoms with Crippen LogP contribution in [0.25, 0.3) is 0 Å². The minimum atomic E-state index is -1.07. The van der Waals surface area contributed by atoms with Crippen molar-refractivity contribution in [2.45, 2.75) is 30.8 Å². The fourth-order valence-electron chi connectivity index (χ4n) is 3.62. The Morgan fingerprint density at radius 3 is 2.61 bits per heavy atom. The Balaban J connectivity index is 1.76. The van der Waals surface area contributed by atoms with Crippen LogP contribution in [0.15, 0.2) is 65.0 Å². The molecule has 0 saturated heterocycles. The lowest BCUT2D eigenvalue weighted by Gasteiger charge is -2.28. The molecule has 4 rings (SSSR count). The summed E-state index contributed by atoms with van der Waals surface area (Å²) in [6.45, 7) is 3.24. The molecule has 0 radical (unpaired) electrons. The second-order valence-electron chi connectivity index (χ2n) is 7.06. The Morgan fingerprint density at radius 1 is 1.19 bits per heavy atom. The van der Waals surface area contributed by atoms with Crippen molar-refractivity contribution in [2.75, 3.05) is 5.32 Å². The number of aromatic carboxylic acids is 1. The van der Waals surface area contributed by atoms with Gasteiger partial charge in [-0.15, -0.1) is 5.10 Å². The first-order valence-corrected chi connectivity index (χ1v) is 10.9. The zero-order valence-electron chi connectivity index (χ0n) is 16.8. The molecule has 158 valence electrons. The molecule has 0 bridgehead atoms. The standard InChI is InChI=1S/C22H19ClN4O3S/c1-12-18(13(2)28)19(15-8-4-5-9-16(15)20(29)30)27-21(24-12)25-22(26-27)31-11-14-7-3-6-10-17(14)23/h3-10,19H,11H2,1-2H3,(H,29,30)(H,24,25,26). The molecule has 9 heteroatoms. The normalized spacial score (nSPS) is 15.4. The van der Waals surface area contributed by atoms with E-state index in [4.69, 9.17) is 11.6 Å². The Bertz CT molecular complexity index is 1220. The second kappa shape index (κ2) is 8.56. The van der Waals surface area contributed by atoms with Gasteiger partial charge in [-0.05, 0) is 37.1 Å². The largest absolute Gasteiger partial charge is 0.478 e. The van der Waals surface area contributed by atoms with Crippen molar-refractivity contribution >= 4 is 41.1 Å². The number of ketones is 1. The quantitative estimate of drug-likeness (QED) is 0.516. The molecule has 0 saturated carbocycles. The third-order valence-electron chi connectivity index (χ3n) is 5.01. The molecule has 2 heterocycles. The van der Waals surface area contributed by atoms with Gasteiger partial charge in [-0.1, -0.05) is 59.8 Å². The fourth-order valence-corrected chi connectivity index (χ4v) is 4.74. The van der Waals surface area contributed by atoms with Gasteiger partial charge in [0, 0.05) is 22.0 Å². The number of thioether (sulfide) groups is 1. The summed E-state index contributed by atoms with van der Waals surface area (Å²) in [5, 5.41) is 18.6. The third kappa shape index (κ3) is 4.08. The molecule has 3 aromatic rings. The number of nitrogens with one attached hydrogen (secondary N) is 1. The van der Waals surface area contributed by atoms with E-state index in [-0.39, 0.29) is 11.3 Å². The molecule has 0 spiro atoms. The number of rotatable bonds is 6. The molecule has 1 atom stereocenters. The summed E-state index contributed by atoms with van der Waals surface area (Å²) in [4.78, 5) is 28.9. The van der Waals surface area contributed by atoms with Crippen LogP contribution in [-0.2, 0) is 10.5 Å². The van der Waals surface area contributed by atoms with E-state index in [0.717, 1.165) is 5.56 Å². The molecule has 1 unspecified atom stereocenters. The monoisotopic (exact) mass is 454 g/mol. The van der Waals surface area contributed by atoms with Crippen LogP contribution in [0.5, 0.6) is 0 Å². The molecule has 0 aliphatic carbocycles. The minimum Gasteiger partial charge on any atom is -0.478 e. The molecular weight excluding hydrogens is 436 g/mol. The van der Waals surface area contributed by atoms with Crippen LogP contribution in [0.1, 0.15) is 41.4 Å². The molecule has 0 amide bonds. The Labute approximate surface area is 188 Å². The van der Waals surface area contributed by atoms with Crippen molar-refractivity contribution in [1.29, 1.82) is 0 Å². The predicted octanol–water partition coefficient (Wildman–Crippen LogP) is 4.80. The van der Waals surface area contributed by atoms with Gasteiger partial charge < -0.3 is 10.4 Å². The van der Waals surface area contributed by atoms with Crippen LogP contribution >= 0.6 is 23.4 Å². The van der Waals surface area contributed by atoms with E-state index < -0.39 is 12.0 Å². The van der Waals surface area contributed by atoms with E-state index in [1.165, 1.54) is 24.8 Å².